The number of anilines is 1. The van der Waals surface area contributed by atoms with Gasteiger partial charge in [0.15, 0.2) is 0 Å². The molecule has 1 amide bonds. The van der Waals surface area contributed by atoms with Gasteiger partial charge in [-0.3, -0.25) is 9.10 Å². The Balaban J connectivity index is 1.96. The van der Waals surface area contributed by atoms with Gasteiger partial charge in [0, 0.05) is 12.4 Å². The van der Waals surface area contributed by atoms with Crippen LogP contribution in [0.15, 0.2) is 41.3 Å². The number of nitrogens with zero attached hydrogens (tertiary/aromatic N) is 2. The molecular formula is C15H13F3N2O3S. The minimum Gasteiger partial charge on any atom is -0.335 e. The van der Waals surface area contributed by atoms with Crippen molar-refractivity contribution in [1.82, 2.24) is 4.90 Å². The van der Waals surface area contributed by atoms with E-state index < -0.39 is 35.2 Å². The highest BCUT2D eigenvalue weighted by Gasteiger charge is 2.38. The number of halogens is 3. The van der Waals surface area contributed by atoms with Crippen molar-refractivity contribution < 1.29 is 26.4 Å². The Bertz CT molecular complexity index is 920. The first-order valence-corrected chi connectivity index (χ1v) is 8.40. The van der Waals surface area contributed by atoms with Gasteiger partial charge in [0.05, 0.1) is 10.6 Å². The van der Waals surface area contributed by atoms with Crippen LogP contribution in [0, 0.1) is 0 Å². The average molecular weight is 358 g/mol. The van der Waals surface area contributed by atoms with Gasteiger partial charge in [-0.25, -0.2) is 8.42 Å². The van der Waals surface area contributed by atoms with E-state index in [4.69, 9.17) is 0 Å². The quantitative estimate of drug-likeness (QED) is 0.846. The molecule has 0 saturated carbocycles. The maximum absolute atomic E-state index is 12.6. The lowest BCUT2D eigenvalue weighted by atomic mass is 10.1. The standard InChI is InChI=1S/C15H13F3N2O3S/c1-19(9-15(16,17)18)13(21)8-20-11-6-2-4-10-5-3-7-12(14(10)11)24(20,22)23/h2-7H,8-9H2,1H3. The van der Waals surface area contributed by atoms with E-state index in [1.165, 1.54) is 12.1 Å². The van der Waals surface area contributed by atoms with Crippen molar-refractivity contribution in [2.45, 2.75) is 11.1 Å². The lowest BCUT2D eigenvalue weighted by molar-refractivity contribution is -0.157. The molecule has 1 heterocycles. The molecule has 2 aromatic carbocycles. The van der Waals surface area contributed by atoms with E-state index in [1.807, 2.05) is 0 Å². The lowest BCUT2D eigenvalue weighted by Gasteiger charge is -2.23. The molecule has 0 spiro atoms. The summed E-state index contributed by atoms with van der Waals surface area (Å²) in [6, 6.07) is 9.65. The minimum absolute atomic E-state index is 0.0573. The monoisotopic (exact) mass is 358 g/mol. The summed E-state index contributed by atoms with van der Waals surface area (Å²) in [4.78, 5) is 12.6. The highest BCUT2D eigenvalue weighted by Crippen LogP contribution is 2.41. The van der Waals surface area contributed by atoms with Gasteiger partial charge in [0.2, 0.25) is 5.91 Å². The maximum atomic E-state index is 12.6. The Kier molecular flexibility index (Phi) is 3.71. The van der Waals surface area contributed by atoms with E-state index in [1.54, 1.807) is 24.3 Å². The normalized spacial score (nSPS) is 15.8. The van der Waals surface area contributed by atoms with Crippen LogP contribution in [-0.2, 0) is 14.8 Å². The second-order valence-electron chi connectivity index (χ2n) is 5.51. The molecule has 0 saturated heterocycles. The number of carbonyl (C=O) groups excluding carboxylic acids is 1. The van der Waals surface area contributed by atoms with Crippen LogP contribution in [0.5, 0.6) is 0 Å². The zero-order valence-corrected chi connectivity index (χ0v) is 13.4. The number of benzene rings is 2. The summed E-state index contributed by atoms with van der Waals surface area (Å²) in [7, 11) is -2.97. The molecule has 0 fully saturated rings. The SMILES string of the molecule is CN(CC(F)(F)F)C(=O)CN1c2cccc3cccc(c23)S1(=O)=O. The average Bonchev–Trinajstić information content (AvgIpc) is 2.69. The number of amides is 1. The molecule has 0 radical (unpaired) electrons. The highest BCUT2D eigenvalue weighted by atomic mass is 32.2. The predicted molar refractivity (Wildman–Crippen MR) is 82.2 cm³/mol. The molecule has 3 rings (SSSR count). The summed E-state index contributed by atoms with van der Waals surface area (Å²) >= 11 is 0. The van der Waals surface area contributed by atoms with Crippen LogP contribution < -0.4 is 4.31 Å². The van der Waals surface area contributed by atoms with Crippen LogP contribution >= 0.6 is 0 Å². The summed E-state index contributed by atoms with van der Waals surface area (Å²) in [5, 5.41) is 1.17. The topological polar surface area (TPSA) is 57.7 Å². The zero-order valence-electron chi connectivity index (χ0n) is 12.5. The second-order valence-corrected chi connectivity index (χ2v) is 7.34. The number of sulfonamides is 1. The molecule has 0 atom stereocenters. The van der Waals surface area contributed by atoms with Crippen molar-refractivity contribution in [3.05, 3.63) is 36.4 Å². The largest absolute Gasteiger partial charge is 0.406 e. The van der Waals surface area contributed by atoms with Crippen molar-refractivity contribution in [1.29, 1.82) is 0 Å². The van der Waals surface area contributed by atoms with E-state index in [0.717, 1.165) is 11.4 Å². The number of alkyl halides is 3. The molecule has 24 heavy (non-hydrogen) atoms. The van der Waals surface area contributed by atoms with Crippen molar-refractivity contribution in [2.24, 2.45) is 0 Å². The highest BCUT2D eigenvalue weighted by molar-refractivity contribution is 7.93. The lowest BCUT2D eigenvalue weighted by Crippen LogP contribution is -2.43. The van der Waals surface area contributed by atoms with Crippen LogP contribution in [0.4, 0.5) is 18.9 Å². The van der Waals surface area contributed by atoms with Crippen LogP contribution in [0.3, 0.4) is 0 Å². The first-order valence-electron chi connectivity index (χ1n) is 6.96. The van der Waals surface area contributed by atoms with Crippen LogP contribution in [0.2, 0.25) is 0 Å². The van der Waals surface area contributed by atoms with Crippen molar-refractivity contribution in [2.75, 3.05) is 24.4 Å². The maximum Gasteiger partial charge on any atom is 0.406 e. The van der Waals surface area contributed by atoms with E-state index in [-0.39, 0.29) is 4.90 Å². The van der Waals surface area contributed by atoms with E-state index >= 15 is 0 Å². The molecule has 9 heteroatoms. The molecule has 0 bridgehead atoms. The Morgan fingerprint density at radius 3 is 2.42 bits per heavy atom. The Hall–Kier alpha value is -2.29. The molecule has 5 nitrogen and oxygen atoms in total. The van der Waals surface area contributed by atoms with E-state index in [0.29, 0.717) is 21.4 Å². The van der Waals surface area contributed by atoms with Crippen LogP contribution in [0.1, 0.15) is 0 Å². The van der Waals surface area contributed by atoms with Gasteiger partial charge in [0.1, 0.15) is 13.1 Å². The molecule has 128 valence electrons. The summed E-state index contributed by atoms with van der Waals surface area (Å²) in [5.74, 6) is -0.930. The molecule has 0 N–H and O–H groups in total. The van der Waals surface area contributed by atoms with Gasteiger partial charge >= 0.3 is 6.18 Å². The molecule has 1 aliphatic rings. The van der Waals surface area contributed by atoms with Gasteiger partial charge in [-0.15, -0.1) is 0 Å². The minimum atomic E-state index is -4.54. The summed E-state index contributed by atoms with van der Waals surface area (Å²) in [6.45, 7) is -2.11. The summed E-state index contributed by atoms with van der Waals surface area (Å²) < 4.78 is 63.4. The molecule has 2 aromatic rings. The van der Waals surface area contributed by atoms with Gasteiger partial charge < -0.3 is 4.90 Å². The number of carbonyl (C=O) groups is 1. The first kappa shape index (κ1) is 16.6. The zero-order chi connectivity index (χ0) is 17.7. The van der Waals surface area contributed by atoms with E-state index in [9.17, 15) is 26.4 Å². The Morgan fingerprint density at radius 1 is 1.17 bits per heavy atom. The fraction of sp³-hybridized carbons (Fsp3) is 0.267. The van der Waals surface area contributed by atoms with Gasteiger partial charge in [-0.2, -0.15) is 13.2 Å². The summed E-state index contributed by atoms with van der Waals surface area (Å²) in [5.41, 5.74) is 0.303. The molecule has 0 aliphatic carbocycles. The number of likely N-dealkylation sites (N-methyl/N-ethyl adjacent to an activating group) is 1. The van der Waals surface area contributed by atoms with Gasteiger partial charge in [-0.05, 0) is 17.5 Å². The predicted octanol–water partition coefficient (Wildman–Crippen LogP) is 2.37. The molecule has 0 unspecified atom stereocenters. The van der Waals surface area contributed by atoms with Gasteiger partial charge in [-0.1, -0.05) is 24.3 Å². The Morgan fingerprint density at radius 2 is 1.79 bits per heavy atom. The third-order valence-electron chi connectivity index (χ3n) is 3.80. The van der Waals surface area contributed by atoms with E-state index in [2.05, 4.69) is 0 Å². The Labute approximate surface area is 136 Å². The number of rotatable bonds is 3. The third kappa shape index (κ3) is 2.68. The fourth-order valence-corrected chi connectivity index (χ4v) is 4.39. The van der Waals surface area contributed by atoms with Crippen molar-refractivity contribution in [3.8, 4) is 0 Å². The first-order chi connectivity index (χ1) is 11.1. The second kappa shape index (κ2) is 5.37. The van der Waals surface area contributed by atoms with Crippen LogP contribution in [-0.4, -0.2) is 45.5 Å². The number of hydrogen-bond donors (Lipinski definition) is 0. The van der Waals surface area contributed by atoms with Gasteiger partial charge in [0.25, 0.3) is 10.0 Å². The molecular weight excluding hydrogens is 345 g/mol. The molecule has 1 aliphatic heterocycles. The smallest absolute Gasteiger partial charge is 0.335 e. The van der Waals surface area contributed by atoms with Crippen LogP contribution in [0.25, 0.3) is 10.8 Å². The fourth-order valence-electron chi connectivity index (χ4n) is 2.73. The summed E-state index contributed by atoms with van der Waals surface area (Å²) in [6.07, 6.45) is -4.54. The molecule has 0 aromatic heterocycles. The van der Waals surface area contributed by atoms with Crippen molar-refractivity contribution >= 4 is 32.4 Å². The third-order valence-corrected chi connectivity index (χ3v) is 5.60. The van der Waals surface area contributed by atoms with Crippen molar-refractivity contribution in [3.63, 3.8) is 0 Å². The number of hydrogen-bond acceptors (Lipinski definition) is 3.